The summed E-state index contributed by atoms with van der Waals surface area (Å²) in [6.45, 7) is 6.14. The van der Waals surface area contributed by atoms with E-state index < -0.39 is 0 Å². The quantitative estimate of drug-likeness (QED) is 0.865. The summed E-state index contributed by atoms with van der Waals surface area (Å²) in [6.07, 6.45) is 0. The van der Waals surface area contributed by atoms with Crippen LogP contribution in [0.4, 0.5) is 0 Å². The lowest BCUT2D eigenvalue weighted by atomic mass is 10.1. The van der Waals surface area contributed by atoms with Crippen LogP contribution >= 0.6 is 11.8 Å². The molecule has 2 aromatic rings. The Balaban J connectivity index is 2.15. The molecule has 0 saturated carbocycles. The summed E-state index contributed by atoms with van der Waals surface area (Å²) in [5.41, 5.74) is 3.30. The number of hydrogen-bond acceptors (Lipinski definition) is 4. The van der Waals surface area contributed by atoms with Crippen LogP contribution in [0.3, 0.4) is 0 Å². The maximum atomic E-state index is 4.44. The molecule has 1 heterocycles. The van der Waals surface area contributed by atoms with Crippen molar-refractivity contribution in [2.75, 3.05) is 7.05 Å². The molecule has 100 valence electrons. The average Bonchev–Trinajstić information content (AvgIpc) is 2.37. The maximum Gasteiger partial charge on any atom is 0.192 e. The number of nitrogens with zero attached hydrogens (tertiary/aromatic N) is 2. The van der Waals surface area contributed by atoms with E-state index in [1.165, 1.54) is 5.56 Å². The van der Waals surface area contributed by atoms with Crippen molar-refractivity contribution in [1.29, 1.82) is 0 Å². The van der Waals surface area contributed by atoms with E-state index in [0.29, 0.717) is 6.04 Å². The first-order valence-corrected chi connectivity index (χ1v) is 7.17. The van der Waals surface area contributed by atoms with E-state index in [1.807, 2.05) is 27.0 Å². The van der Waals surface area contributed by atoms with E-state index in [9.17, 15) is 0 Å². The van der Waals surface area contributed by atoms with Crippen LogP contribution in [0, 0.1) is 13.8 Å². The third-order valence-electron chi connectivity index (χ3n) is 2.98. The summed E-state index contributed by atoms with van der Waals surface area (Å²) in [5, 5.41) is 4.05. The molecule has 4 heteroatoms. The van der Waals surface area contributed by atoms with E-state index in [0.717, 1.165) is 21.4 Å². The summed E-state index contributed by atoms with van der Waals surface area (Å²) in [4.78, 5) is 10.0. The first-order chi connectivity index (χ1) is 9.08. The molecule has 0 radical (unpaired) electrons. The highest BCUT2D eigenvalue weighted by molar-refractivity contribution is 7.99. The van der Waals surface area contributed by atoms with Gasteiger partial charge in [0, 0.05) is 22.3 Å². The second-order valence-corrected chi connectivity index (χ2v) is 5.66. The second kappa shape index (κ2) is 6.17. The molecule has 0 saturated heterocycles. The summed E-state index contributed by atoms with van der Waals surface area (Å²) in [6, 6.07) is 10.9. The van der Waals surface area contributed by atoms with Crippen LogP contribution in [0.15, 0.2) is 40.4 Å². The van der Waals surface area contributed by atoms with Crippen molar-refractivity contribution in [3.05, 3.63) is 47.3 Å². The molecule has 1 unspecified atom stereocenters. The Kier molecular flexibility index (Phi) is 4.56. The molecule has 0 amide bonds. The maximum absolute atomic E-state index is 4.44. The topological polar surface area (TPSA) is 37.8 Å². The minimum Gasteiger partial charge on any atom is -0.313 e. The number of aryl methyl sites for hydroxylation is 2. The van der Waals surface area contributed by atoms with Gasteiger partial charge in [-0.05, 0) is 63.3 Å². The van der Waals surface area contributed by atoms with E-state index in [-0.39, 0.29) is 0 Å². The van der Waals surface area contributed by atoms with E-state index in [1.54, 1.807) is 11.8 Å². The largest absolute Gasteiger partial charge is 0.313 e. The van der Waals surface area contributed by atoms with Gasteiger partial charge in [0.25, 0.3) is 0 Å². The molecule has 1 atom stereocenters. The van der Waals surface area contributed by atoms with E-state index in [4.69, 9.17) is 0 Å². The number of nitrogens with one attached hydrogen (secondary N) is 1. The minimum absolute atomic E-state index is 0.372. The summed E-state index contributed by atoms with van der Waals surface area (Å²) >= 11 is 1.60. The minimum atomic E-state index is 0.372. The van der Waals surface area contributed by atoms with E-state index >= 15 is 0 Å². The van der Waals surface area contributed by atoms with Crippen molar-refractivity contribution in [2.45, 2.75) is 36.9 Å². The highest BCUT2D eigenvalue weighted by Crippen LogP contribution is 2.26. The standard InChI is InChI=1S/C15H19N3S/c1-10-9-11(2)18-15(17-10)19-14-7-5-13(6-8-14)12(3)16-4/h5-9,12,16H,1-4H3. The number of hydrogen-bond donors (Lipinski definition) is 1. The Morgan fingerprint density at radius 3 is 2.16 bits per heavy atom. The zero-order chi connectivity index (χ0) is 13.8. The van der Waals surface area contributed by atoms with Gasteiger partial charge in [-0.3, -0.25) is 0 Å². The SMILES string of the molecule is CNC(C)c1ccc(Sc2nc(C)cc(C)n2)cc1. The van der Waals surface area contributed by atoms with Gasteiger partial charge in [-0.2, -0.15) is 0 Å². The molecule has 2 rings (SSSR count). The number of benzene rings is 1. The van der Waals surface area contributed by atoms with Gasteiger partial charge in [-0.15, -0.1) is 0 Å². The van der Waals surface area contributed by atoms with Crippen molar-refractivity contribution in [2.24, 2.45) is 0 Å². The van der Waals surface area contributed by atoms with Crippen LogP contribution in [0.5, 0.6) is 0 Å². The normalized spacial score (nSPS) is 12.4. The van der Waals surface area contributed by atoms with Gasteiger partial charge in [-0.1, -0.05) is 12.1 Å². The fraction of sp³-hybridized carbons (Fsp3) is 0.333. The van der Waals surface area contributed by atoms with Crippen molar-refractivity contribution in [3.63, 3.8) is 0 Å². The zero-order valence-corrected chi connectivity index (χ0v) is 12.6. The summed E-state index contributed by atoms with van der Waals surface area (Å²) < 4.78 is 0. The fourth-order valence-corrected chi connectivity index (χ4v) is 2.70. The second-order valence-electron chi connectivity index (χ2n) is 4.61. The molecule has 0 fully saturated rings. The van der Waals surface area contributed by atoms with Crippen LogP contribution in [-0.2, 0) is 0 Å². The van der Waals surface area contributed by atoms with Gasteiger partial charge in [0.15, 0.2) is 5.16 Å². The van der Waals surface area contributed by atoms with Gasteiger partial charge >= 0.3 is 0 Å². The molecular weight excluding hydrogens is 254 g/mol. The van der Waals surface area contributed by atoms with Gasteiger partial charge in [0.2, 0.25) is 0 Å². The third kappa shape index (κ3) is 3.78. The molecule has 3 nitrogen and oxygen atoms in total. The smallest absolute Gasteiger partial charge is 0.192 e. The van der Waals surface area contributed by atoms with Gasteiger partial charge in [-0.25, -0.2) is 9.97 Å². The predicted octanol–water partition coefficient (Wildman–Crippen LogP) is 3.53. The first-order valence-electron chi connectivity index (χ1n) is 6.36. The van der Waals surface area contributed by atoms with Crippen molar-refractivity contribution < 1.29 is 0 Å². The number of aromatic nitrogens is 2. The lowest BCUT2D eigenvalue weighted by Gasteiger charge is -2.10. The predicted molar refractivity (Wildman–Crippen MR) is 79.5 cm³/mol. The fourth-order valence-electron chi connectivity index (χ4n) is 1.84. The lowest BCUT2D eigenvalue weighted by molar-refractivity contribution is 0.652. The molecule has 0 aliphatic rings. The monoisotopic (exact) mass is 273 g/mol. The molecule has 1 N–H and O–H groups in total. The van der Waals surface area contributed by atoms with Crippen molar-refractivity contribution in [1.82, 2.24) is 15.3 Å². The van der Waals surface area contributed by atoms with Crippen LogP contribution in [0.1, 0.15) is 29.9 Å². The average molecular weight is 273 g/mol. The Bertz CT molecular complexity index is 532. The molecule has 1 aromatic carbocycles. The van der Waals surface area contributed by atoms with Crippen molar-refractivity contribution >= 4 is 11.8 Å². The van der Waals surface area contributed by atoms with Crippen LogP contribution in [0.2, 0.25) is 0 Å². The Morgan fingerprint density at radius 1 is 1.05 bits per heavy atom. The van der Waals surface area contributed by atoms with Gasteiger partial charge < -0.3 is 5.32 Å². The molecular formula is C15H19N3S. The highest BCUT2D eigenvalue weighted by Gasteiger charge is 2.05. The first kappa shape index (κ1) is 14.0. The van der Waals surface area contributed by atoms with E-state index in [2.05, 4.69) is 46.5 Å². The van der Waals surface area contributed by atoms with Crippen LogP contribution < -0.4 is 5.32 Å². The molecule has 0 aliphatic heterocycles. The van der Waals surface area contributed by atoms with Crippen LogP contribution in [0.25, 0.3) is 0 Å². The molecule has 0 spiro atoms. The molecule has 0 aliphatic carbocycles. The Hall–Kier alpha value is -1.39. The van der Waals surface area contributed by atoms with Crippen molar-refractivity contribution in [3.8, 4) is 0 Å². The Morgan fingerprint density at radius 2 is 1.63 bits per heavy atom. The summed E-state index contributed by atoms with van der Waals surface area (Å²) in [7, 11) is 1.97. The van der Waals surface area contributed by atoms with Crippen LogP contribution in [-0.4, -0.2) is 17.0 Å². The molecule has 19 heavy (non-hydrogen) atoms. The molecule has 1 aromatic heterocycles. The third-order valence-corrected chi connectivity index (χ3v) is 3.86. The number of rotatable bonds is 4. The zero-order valence-electron chi connectivity index (χ0n) is 11.8. The summed E-state index contributed by atoms with van der Waals surface area (Å²) in [5.74, 6) is 0. The molecule has 0 bridgehead atoms. The lowest BCUT2D eigenvalue weighted by Crippen LogP contribution is -2.11. The Labute approximate surface area is 118 Å². The highest BCUT2D eigenvalue weighted by atomic mass is 32.2. The van der Waals surface area contributed by atoms with Gasteiger partial charge in [0.1, 0.15) is 0 Å². The van der Waals surface area contributed by atoms with Gasteiger partial charge in [0.05, 0.1) is 0 Å².